The molecule has 0 N–H and O–H groups in total. The summed E-state index contributed by atoms with van der Waals surface area (Å²) >= 11 is 0. The highest BCUT2D eigenvalue weighted by molar-refractivity contribution is 7.91. The van der Waals surface area contributed by atoms with Crippen LogP contribution in [0.5, 0.6) is 0 Å². The van der Waals surface area contributed by atoms with Gasteiger partial charge in [-0.2, -0.15) is 5.26 Å². The second-order valence-corrected chi connectivity index (χ2v) is 5.92. The minimum Gasteiger partial charge on any atom is -0.227 e. The first-order chi connectivity index (χ1) is 8.11. The third kappa shape index (κ3) is 3.72. The zero-order valence-electron chi connectivity index (χ0n) is 9.54. The van der Waals surface area contributed by atoms with Crippen LogP contribution in [0.25, 0.3) is 0 Å². The molecular weight excluding hydrogens is 234 g/mol. The maximum Gasteiger partial charge on any atom is 0.173 e. The molecule has 0 spiro atoms. The Hall–Kier alpha value is -1.60. The van der Waals surface area contributed by atoms with E-state index in [1.807, 2.05) is 6.07 Å². The zero-order valence-corrected chi connectivity index (χ0v) is 10.4. The molecule has 3 nitrogen and oxygen atoms in total. The Morgan fingerprint density at radius 1 is 1.35 bits per heavy atom. The lowest BCUT2D eigenvalue weighted by Gasteiger charge is -2.10. The lowest BCUT2D eigenvalue weighted by Crippen LogP contribution is -2.15. The van der Waals surface area contributed by atoms with E-state index in [1.54, 1.807) is 36.4 Å². The Bertz CT molecular complexity index is 500. The van der Waals surface area contributed by atoms with Gasteiger partial charge in [-0.25, -0.2) is 8.42 Å². The van der Waals surface area contributed by atoms with Crippen molar-refractivity contribution in [2.45, 2.75) is 18.1 Å². The SMILES string of the molecule is C=CCCCS(=O)(=O)C(C#N)c1ccccc1. The van der Waals surface area contributed by atoms with Crippen molar-refractivity contribution >= 4 is 9.84 Å². The van der Waals surface area contributed by atoms with Crippen molar-refractivity contribution < 1.29 is 8.42 Å². The summed E-state index contributed by atoms with van der Waals surface area (Å²) in [6.45, 7) is 3.54. The maximum absolute atomic E-state index is 12.0. The molecule has 4 heteroatoms. The van der Waals surface area contributed by atoms with Gasteiger partial charge in [0.25, 0.3) is 0 Å². The smallest absolute Gasteiger partial charge is 0.173 e. The van der Waals surface area contributed by atoms with Crippen molar-refractivity contribution in [3.63, 3.8) is 0 Å². The lowest BCUT2D eigenvalue weighted by molar-refractivity contribution is 0.588. The quantitative estimate of drug-likeness (QED) is 0.575. The molecule has 1 unspecified atom stereocenters. The number of nitrogens with zero attached hydrogens (tertiary/aromatic N) is 1. The van der Waals surface area contributed by atoms with Gasteiger partial charge in [0.05, 0.1) is 11.8 Å². The summed E-state index contributed by atoms with van der Waals surface area (Å²) in [7, 11) is -3.41. The molecular formula is C13H15NO2S. The van der Waals surface area contributed by atoms with E-state index in [0.717, 1.165) is 0 Å². The summed E-state index contributed by atoms with van der Waals surface area (Å²) in [5, 5.41) is 7.96. The fraction of sp³-hybridized carbons (Fsp3) is 0.308. The van der Waals surface area contributed by atoms with Gasteiger partial charge in [-0.1, -0.05) is 36.4 Å². The summed E-state index contributed by atoms with van der Waals surface area (Å²) in [6, 6.07) is 10.5. The molecule has 0 amide bonds. The van der Waals surface area contributed by atoms with Crippen LogP contribution in [0.15, 0.2) is 43.0 Å². The minimum atomic E-state index is -3.41. The normalized spacial score (nSPS) is 12.6. The number of rotatable bonds is 6. The Kier molecular flexibility index (Phi) is 4.92. The molecule has 0 heterocycles. The van der Waals surface area contributed by atoms with E-state index < -0.39 is 15.1 Å². The van der Waals surface area contributed by atoms with Crippen LogP contribution in [0.4, 0.5) is 0 Å². The number of benzene rings is 1. The molecule has 0 saturated carbocycles. The largest absolute Gasteiger partial charge is 0.227 e. The number of hydrogen-bond donors (Lipinski definition) is 0. The van der Waals surface area contributed by atoms with E-state index in [9.17, 15) is 8.42 Å². The topological polar surface area (TPSA) is 57.9 Å². The fourth-order valence-corrected chi connectivity index (χ4v) is 3.07. The van der Waals surface area contributed by atoms with Crippen LogP contribution in [0, 0.1) is 11.3 Å². The van der Waals surface area contributed by atoms with Gasteiger partial charge in [0, 0.05) is 0 Å². The van der Waals surface area contributed by atoms with Crippen molar-refractivity contribution in [2.24, 2.45) is 0 Å². The summed E-state index contributed by atoms with van der Waals surface area (Å²) in [4.78, 5) is 0. The Labute approximate surface area is 102 Å². The van der Waals surface area contributed by atoms with Gasteiger partial charge >= 0.3 is 0 Å². The van der Waals surface area contributed by atoms with Crippen LogP contribution >= 0.6 is 0 Å². The van der Waals surface area contributed by atoms with Crippen LogP contribution < -0.4 is 0 Å². The maximum atomic E-state index is 12.0. The highest BCUT2D eigenvalue weighted by Crippen LogP contribution is 2.22. The van der Waals surface area contributed by atoms with Crippen molar-refractivity contribution in [1.82, 2.24) is 0 Å². The summed E-state index contributed by atoms with van der Waals surface area (Å²) in [5.74, 6) is 0.0200. The highest BCUT2D eigenvalue weighted by atomic mass is 32.2. The van der Waals surface area contributed by atoms with Crippen molar-refractivity contribution in [2.75, 3.05) is 5.75 Å². The molecule has 1 rings (SSSR count). The molecule has 0 aliphatic heterocycles. The van der Waals surface area contributed by atoms with Gasteiger partial charge < -0.3 is 0 Å². The van der Waals surface area contributed by atoms with Gasteiger partial charge in [0.15, 0.2) is 15.1 Å². The molecule has 0 fully saturated rings. The predicted octanol–water partition coefficient (Wildman–Crippen LogP) is 2.63. The zero-order chi connectivity index (χ0) is 12.7. The third-order valence-corrected chi connectivity index (χ3v) is 4.37. The number of allylic oxidation sites excluding steroid dienone is 1. The standard InChI is InChI=1S/C13H15NO2S/c1-2-3-7-10-17(15,16)13(11-14)12-8-5-4-6-9-12/h2,4-6,8-9,13H,1,3,7,10H2. The monoisotopic (exact) mass is 249 g/mol. The van der Waals surface area contributed by atoms with Gasteiger partial charge in [0.1, 0.15) is 0 Å². The Balaban J connectivity index is 2.88. The number of hydrogen-bond acceptors (Lipinski definition) is 3. The van der Waals surface area contributed by atoms with E-state index in [2.05, 4.69) is 6.58 Å². The van der Waals surface area contributed by atoms with Gasteiger partial charge in [-0.05, 0) is 18.4 Å². The molecule has 0 aliphatic carbocycles. The van der Waals surface area contributed by atoms with Crippen molar-refractivity contribution in [3.05, 3.63) is 48.6 Å². The number of nitriles is 1. The summed E-state index contributed by atoms with van der Waals surface area (Å²) in [5.41, 5.74) is 0.536. The van der Waals surface area contributed by atoms with Crippen LogP contribution in [0.3, 0.4) is 0 Å². The first-order valence-electron chi connectivity index (χ1n) is 5.39. The molecule has 0 bridgehead atoms. The van der Waals surface area contributed by atoms with Gasteiger partial charge in [-0.3, -0.25) is 0 Å². The fourth-order valence-electron chi connectivity index (χ4n) is 1.54. The molecule has 0 aliphatic rings. The third-order valence-electron chi connectivity index (χ3n) is 2.42. The highest BCUT2D eigenvalue weighted by Gasteiger charge is 2.26. The van der Waals surface area contributed by atoms with Gasteiger partial charge in [0.2, 0.25) is 0 Å². The van der Waals surface area contributed by atoms with E-state index in [4.69, 9.17) is 5.26 Å². The minimum absolute atomic E-state index is 0.0200. The van der Waals surface area contributed by atoms with Crippen LogP contribution in [-0.4, -0.2) is 14.2 Å². The molecule has 0 radical (unpaired) electrons. The first kappa shape index (κ1) is 13.5. The van der Waals surface area contributed by atoms with E-state index >= 15 is 0 Å². The molecule has 90 valence electrons. The van der Waals surface area contributed by atoms with Gasteiger partial charge in [-0.15, -0.1) is 6.58 Å². The first-order valence-corrected chi connectivity index (χ1v) is 7.10. The van der Waals surface area contributed by atoms with Crippen LogP contribution in [-0.2, 0) is 9.84 Å². The molecule has 1 aromatic rings. The van der Waals surface area contributed by atoms with Crippen LogP contribution in [0.2, 0.25) is 0 Å². The molecule has 0 aromatic heterocycles. The van der Waals surface area contributed by atoms with E-state index in [-0.39, 0.29) is 5.75 Å². The average Bonchev–Trinajstić information content (AvgIpc) is 2.31. The Morgan fingerprint density at radius 2 is 2.00 bits per heavy atom. The predicted molar refractivity (Wildman–Crippen MR) is 68.0 cm³/mol. The number of unbranched alkanes of at least 4 members (excludes halogenated alkanes) is 1. The number of sulfone groups is 1. The molecule has 17 heavy (non-hydrogen) atoms. The Morgan fingerprint density at radius 3 is 2.53 bits per heavy atom. The van der Waals surface area contributed by atoms with Crippen molar-refractivity contribution in [1.29, 1.82) is 5.26 Å². The summed E-state index contributed by atoms with van der Waals surface area (Å²) < 4.78 is 24.0. The lowest BCUT2D eigenvalue weighted by atomic mass is 10.2. The molecule has 0 saturated heterocycles. The second kappa shape index (κ2) is 6.21. The summed E-state index contributed by atoms with van der Waals surface area (Å²) in [6.07, 6.45) is 2.84. The second-order valence-electron chi connectivity index (χ2n) is 3.72. The van der Waals surface area contributed by atoms with E-state index in [1.165, 1.54) is 0 Å². The van der Waals surface area contributed by atoms with E-state index in [0.29, 0.717) is 18.4 Å². The van der Waals surface area contributed by atoms with Crippen molar-refractivity contribution in [3.8, 4) is 6.07 Å². The molecule has 1 atom stereocenters. The average molecular weight is 249 g/mol. The van der Waals surface area contributed by atoms with Crippen LogP contribution in [0.1, 0.15) is 23.7 Å². The molecule has 1 aromatic carbocycles.